The lowest BCUT2D eigenvalue weighted by atomic mass is 10.0. The average molecular weight is 1120 g/mol. The third-order valence-electron chi connectivity index (χ3n) is 12.1. The summed E-state index contributed by atoms with van der Waals surface area (Å²) >= 11 is 0. The first kappa shape index (κ1) is 60.4. The van der Waals surface area contributed by atoms with E-state index in [-0.39, 0.29) is 35.0 Å². The zero-order chi connectivity index (χ0) is 54.7. The molecular weight excluding hydrogens is 1050 g/mol. The number of fused-ring (bicyclic) bond motifs is 1. The van der Waals surface area contributed by atoms with Crippen molar-refractivity contribution in [1.82, 2.24) is 39.8 Å². The summed E-state index contributed by atoms with van der Waals surface area (Å²) in [7, 11) is -10.9. The largest absolute Gasteiger partial charge is 0.481 e. The molecule has 0 bridgehead atoms. The maximum Gasteiger partial charge on any atom is 0.481 e. The first-order valence-corrected chi connectivity index (χ1v) is 27.7. The molecule has 2 unspecified atom stereocenters. The van der Waals surface area contributed by atoms with E-state index < -0.39 is 90.5 Å². The Kier molecular flexibility index (Phi) is 23.6. The van der Waals surface area contributed by atoms with Gasteiger partial charge in [0.2, 0.25) is 5.91 Å². The highest BCUT2D eigenvalue weighted by Crippen LogP contribution is 2.61. The number of alkyl halides is 1. The van der Waals surface area contributed by atoms with Crippen LogP contribution in [0.3, 0.4) is 0 Å². The van der Waals surface area contributed by atoms with E-state index in [0.29, 0.717) is 83.1 Å². The van der Waals surface area contributed by atoms with Crippen molar-refractivity contribution in [1.29, 1.82) is 0 Å². The number of anilines is 1. The molecule has 0 radical (unpaired) electrons. The number of nitrogens with zero attached hydrogens (tertiary/aromatic N) is 8. The molecule has 10 N–H and O–H groups in total. The van der Waals surface area contributed by atoms with Crippen molar-refractivity contribution in [2.75, 3.05) is 58.1 Å². The van der Waals surface area contributed by atoms with Crippen molar-refractivity contribution < 1.29 is 95.0 Å². The molecule has 10 atom stereocenters. The smallest absolute Gasteiger partial charge is 0.387 e. The van der Waals surface area contributed by atoms with Gasteiger partial charge in [-0.2, -0.15) is 8.88 Å². The second-order valence-corrected chi connectivity index (χ2v) is 20.9. The topological polar surface area (TPSA) is 400 Å². The van der Waals surface area contributed by atoms with Gasteiger partial charge in [-0.25, -0.2) is 28.5 Å². The Hall–Kier alpha value is -4.88. The molecule has 0 saturated carbocycles. The lowest BCUT2D eigenvalue weighted by molar-refractivity contribution is -0.765. The van der Waals surface area contributed by atoms with E-state index in [4.69, 9.17) is 33.7 Å². The maximum absolute atomic E-state index is 12.7. The zero-order valence-corrected chi connectivity index (χ0v) is 43.3. The maximum atomic E-state index is 12.7. The Morgan fingerprint density at radius 3 is 2.22 bits per heavy atom. The number of phosphoric acid groups is 2. The first-order chi connectivity index (χ1) is 36.4. The van der Waals surface area contributed by atoms with Gasteiger partial charge in [-0.1, -0.05) is 24.5 Å². The van der Waals surface area contributed by atoms with Gasteiger partial charge in [-0.05, 0) is 38.2 Å². The fourth-order valence-electron chi connectivity index (χ4n) is 8.12. The van der Waals surface area contributed by atoms with Crippen LogP contribution in [0.5, 0.6) is 0 Å². The highest BCUT2D eigenvalue weighted by Gasteiger charge is 2.50. The summed E-state index contributed by atoms with van der Waals surface area (Å²) < 4.78 is 77.4. The number of rotatable bonds is 36. The van der Waals surface area contributed by atoms with Gasteiger partial charge in [-0.15, -0.1) is 5.10 Å². The van der Waals surface area contributed by atoms with Crippen LogP contribution < -0.4 is 20.9 Å². The van der Waals surface area contributed by atoms with Crippen LogP contribution in [0, 0.1) is 0 Å². The number of nitrogens with one attached hydrogen (secondary N) is 2. The van der Waals surface area contributed by atoms with Crippen LogP contribution in [-0.4, -0.2) is 172 Å². The molecule has 0 aromatic carbocycles. The molecule has 6 rings (SSSR count). The monoisotopic (exact) mass is 1120 g/mol. The summed E-state index contributed by atoms with van der Waals surface area (Å²) in [4.78, 5) is 69.6. The second-order valence-electron chi connectivity index (χ2n) is 17.9. The minimum atomic E-state index is -5.45. The van der Waals surface area contributed by atoms with Gasteiger partial charge in [0.05, 0.1) is 52.2 Å². The third-order valence-corrected chi connectivity index (χ3v) is 14.7. The number of amides is 2. The predicted molar refractivity (Wildman–Crippen MR) is 259 cm³/mol. The van der Waals surface area contributed by atoms with Crippen LogP contribution in [0.1, 0.15) is 99.1 Å². The van der Waals surface area contributed by atoms with Crippen molar-refractivity contribution >= 4 is 50.2 Å². The molecule has 4 aromatic heterocycles. The molecule has 2 aliphatic heterocycles. The standard InChI is InChI=1S/C44H66FN11O18P2/c45-14-19-68-20-21-69-24-30-23-55(53-52-30)18-7-3-5-12-31(57)11-4-1-2-6-13-34(58)47-15-9-16-48-41-35-42(50-27-49-41)56(28-51-35)44-39(62)37(60)33(73-44)26-71-76(66,67)74-75(64,65)70-25-32-36(59)38(61)43(72-32)54-17-8-10-29(22-54)40(46)63/h8,10,17,22-23,27-28,32-33,36-39,43-44,59-62H,1-7,9,11-16,18-21,24-26H2,(H5-,46,47,48,49,50,58,63,64,65,66,67)/p+1/t32-,33-,36-,37-,38-,39-,43-,44-/m1/s1. The molecule has 0 spiro atoms. The van der Waals surface area contributed by atoms with E-state index in [1.54, 1.807) is 4.68 Å². The van der Waals surface area contributed by atoms with Gasteiger partial charge in [0.1, 0.15) is 60.6 Å². The SMILES string of the molecule is NC(=O)c1ccc[n+]([C@@H]2O[C@H](COP(=O)(O)OP(=O)(O)OC[C@H]3O[C@@H](n4cnc5c(NCCCNC(=O)CCCCCCC(=O)CCCCCn6cc(COCCOCCF)nn6)ncnc54)[C@H](O)[C@@H]3O)[C@@H](O)[C@H]2O)c1. The minimum Gasteiger partial charge on any atom is -0.387 e. The van der Waals surface area contributed by atoms with Gasteiger partial charge < -0.3 is 65.5 Å². The van der Waals surface area contributed by atoms with Crippen molar-refractivity contribution in [3.05, 3.63) is 54.6 Å². The van der Waals surface area contributed by atoms with Gasteiger partial charge >= 0.3 is 15.6 Å². The van der Waals surface area contributed by atoms with E-state index in [9.17, 15) is 58.1 Å². The molecule has 76 heavy (non-hydrogen) atoms. The quantitative estimate of drug-likeness (QED) is 0.0171. The normalized spacial score (nSPS) is 23.1. The molecule has 29 nitrogen and oxygen atoms in total. The number of halogens is 1. The van der Waals surface area contributed by atoms with Crippen molar-refractivity contribution in [2.24, 2.45) is 5.73 Å². The molecule has 2 fully saturated rings. The predicted octanol–water partition coefficient (Wildman–Crippen LogP) is 0.585. The minimum absolute atomic E-state index is 0.0562. The highest BCUT2D eigenvalue weighted by atomic mass is 31.3. The van der Waals surface area contributed by atoms with E-state index >= 15 is 0 Å². The van der Waals surface area contributed by atoms with Gasteiger partial charge in [-0.3, -0.25) is 32.7 Å². The number of aryl methyl sites for hydroxylation is 1. The average Bonchev–Trinajstić information content (AvgIpc) is 4.17. The molecule has 32 heteroatoms. The summed E-state index contributed by atoms with van der Waals surface area (Å²) in [6.45, 7) is 0.120. The molecule has 6 heterocycles. The number of hydrogen-bond donors (Lipinski definition) is 9. The lowest BCUT2D eigenvalue weighted by Crippen LogP contribution is -2.46. The van der Waals surface area contributed by atoms with Gasteiger partial charge in [0.25, 0.3) is 12.1 Å². The van der Waals surface area contributed by atoms with Gasteiger partial charge in [0.15, 0.2) is 41.7 Å². The third kappa shape index (κ3) is 18.4. The second kappa shape index (κ2) is 29.7. The van der Waals surface area contributed by atoms with Crippen LogP contribution in [0.15, 0.2) is 43.4 Å². The summed E-state index contributed by atoms with van der Waals surface area (Å²) in [6, 6.07) is 2.83. The summed E-state index contributed by atoms with van der Waals surface area (Å²) in [5.74, 6) is -0.299. The van der Waals surface area contributed by atoms with E-state index in [1.807, 2.05) is 6.20 Å². The van der Waals surface area contributed by atoms with Crippen molar-refractivity contribution in [3.8, 4) is 0 Å². The first-order valence-electron chi connectivity index (χ1n) is 24.7. The number of aliphatic hydroxyl groups is 4. The number of phosphoric ester groups is 2. The van der Waals surface area contributed by atoms with E-state index in [0.717, 1.165) is 38.5 Å². The zero-order valence-electron chi connectivity index (χ0n) is 41.5. The Labute approximate surface area is 435 Å². The van der Waals surface area contributed by atoms with Crippen molar-refractivity contribution in [3.63, 3.8) is 0 Å². The van der Waals surface area contributed by atoms with Crippen molar-refractivity contribution in [2.45, 2.75) is 133 Å². The number of imidazole rings is 1. The summed E-state index contributed by atoms with van der Waals surface area (Å²) in [6.07, 6.45) is 2.44. The lowest BCUT2D eigenvalue weighted by Gasteiger charge is -2.20. The van der Waals surface area contributed by atoms with Crippen LogP contribution in [0.4, 0.5) is 10.2 Å². The summed E-state index contributed by atoms with van der Waals surface area (Å²) in [5.41, 5.74) is 6.51. The highest BCUT2D eigenvalue weighted by molar-refractivity contribution is 7.61. The molecule has 2 aliphatic rings. The van der Waals surface area contributed by atoms with Crippen LogP contribution in [-0.2, 0) is 64.2 Å². The molecule has 0 aliphatic carbocycles. The van der Waals surface area contributed by atoms with Gasteiger partial charge in [0, 0.05) is 45.0 Å². The molecular formula is C44H67FN11O18P2+. The number of carbonyl (C=O) groups excluding carboxylic acids is 3. The number of aliphatic hydroxyl groups excluding tert-OH is 4. The Bertz CT molecular complexity index is 2590. The molecule has 2 saturated heterocycles. The molecule has 422 valence electrons. The number of primary amides is 1. The number of unbranched alkanes of at least 4 members (excludes halogenated alkanes) is 5. The van der Waals surface area contributed by atoms with E-state index in [2.05, 4.69) is 40.2 Å². The van der Waals surface area contributed by atoms with Crippen LogP contribution in [0.25, 0.3) is 11.2 Å². The number of pyridine rings is 1. The summed E-state index contributed by atoms with van der Waals surface area (Å²) in [5, 5.41) is 56.9. The van der Waals surface area contributed by atoms with E-state index in [1.165, 1.54) is 46.3 Å². The number of nitrogens with two attached hydrogens (primary N) is 1. The van der Waals surface area contributed by atoms with Crippen LogP contribution >= 0.6 is 15.6 Å². The fraction of sp³-hybridized carbons (Fsp3) is 0.659. The Morgan fingerprint density at radius 2 is 1.50 bits per heavy atom. The number of ether oxygens (including phenoxy) is 4. The number of hydrogen-bond acceptors (Lipinski definition) is 22. The number of Topliss-reactive ketones (excluding diaryl/α,β-unsaturated/α-hetero) is 1. The number of ketones is 1. The fourth-order valence-corrected chi connectivity index (χ4v) is 10.2. The Morgan fingerprint density at radius 1 is 0.816 bits per heavy atom. The Balaban J connectivity index is 0.816. The molecule has 2 amide bonds. The number of carbonyl (C=O) groups is 3. The van der Waals surface area contributed by atoms with Crippen LogP contribution in [0.2, 0.25) is 0 Å². The molecule has 4 aromatic rings. The number of aromatic nitrogens is 8.